The maximum Gasteiger partial charge on any atom is 0.231 e. The lowest BCUT2D eigenvalue weighted by Crippen LogP contribution is -2.31. The van der Waals surface area contributed by atoms with Crippen LogP contribution in [0.5, 0.6) is 0 Å². The standard InChI is InChI=1S/C22H24O5/c1-22(2)26-20-19(24-14-17-11-7-4-8-12-17)18(25-21(20)27-22)15-23-13-16-9-5-3-6-10-16/h3-12,15,19-21H,13-14H2,1-2H3/b18-15+/t19-,20?,21?/m1/s1. The summed E-state index contributed by atoms with van der Waals surface area (Å²) in [4.78, 5) is 0. The highest BCUT2D eigenvalue weighted by atomic mass is 16.8. The second-order valence-electron chi connectivity index (χ2n) is 7.12. The summed E-state index contributed by atoms with van der Waals surface area (Å²) in [5.74, 6) is -0.104. The molecular weight excluding hydrogens is 344 g/mol. The largest absolute Gasteiger partial charge is 0.493 e. The van der Waals surface area contributed by atoms with Crippen molar-refractivity contribution in [1.82, 2.24) is 0 Å². The van der Waals surface area contributed by atoms with Crippen LogP contribution in [0, 0.1) is 0 Å². The summed E-state index contributed by atoms with van der Waals surface area (Å²) >= 11 is 0. The van der Waals surface area contributed by atoms with E-state index in [1.807, 2.05) is 74.5 Å². The van der Waals surface area contributed by atoms with E-state index in [0.29, 0.717) is 19.0 Å². The zero-order valence-corrected chi connectivity index (χ0v) is 15.5. The highest BCUT2D eigenvalue weighted by Gasteiger charge is 2.54. The zero-order chi connectivity index (χ0) is 18.7. The van der Waals surface area contributed by atoms with Crippen LogP contribution in [0.3, 0.4) is 0 Å². The topological polar surface area (TPSA) is 46.2 Å². The molecule has 5 heteroatoms. The smallest absolute Gasteiger partial charge is 0.231 e. The molecule has 0 N–H and O–H groups in total. The Labute approximate surface area is 159 Å². The summed E-state index contributed by atoms with van der Waals surface area (Å²) in [5, 5.41) is 0. The van der Waals surface area contributed by atoms with Crippen molar-refractivity contribution in [2.45, 2.75) is 51.3 Å². The SMILES string of the molecule is CC1(C)OC2O/C(=C/OCc3ccccc3)[C@@H](OCc3ccccc3)C2O1. The van der Waals surface area contributed by atoms with Crippen LogP contribution >= 0.6 is 0 Å². The number of hydrogen-bond donors (Lipinski definition) is 0. The molecule has 0 radical (unpaired) electrons. The van der Waals surface area contributed by atoms with E-state index in [9.17, 15) is 0 Å². The van der Waals surface area contributed by atoms with Gasteiger partial charge in [-0.1, -0.05) is 60.7 Å². The summed E-state index contributed by atoms with van der Waals surface area (Å²) in [7, 11) is 0. The van der Waals surface area contributed by atoms with Gasteiger partial charge in [0.1, 0.15) is 12.9 Å². The van der Waals surface area contributed by atoms with Crippen molar-refractivity contribution in [2.75, 3.05) is 0 Å². The molecule has 3 atom stereocenters. The number of ether oxygens (including phenoxy) is 5. The Morgan fingerprint density at radius 2 is 1.52 bits per heavy atom. The third kappa shape index (κ3) is 4.33. The Kier molecular flexibility index (Phi) is 5.16. The van der Waals surface area contributed by atoms with Crippen molar-refractivity contribution in [3.05, 3.63) is 83.8 Å². The predicted molar refractivity (Wildman–Crippen MR) is 99.2 cm³/mol. The fourth-order valence-corrected chi connectivity index (χ4v) is 3.24. The molecule has 0 aliphatic carbocycles. The quantitative estimate of drug-likeness (QED) is 0.717. The van der Waals surface area contributed by atoms with E-state index in [1.54, 1.807) is 6.26 Å². The Morgan fingerprint density at radius 3 is 2.19 bits per heavy atom. The Hall–Kier alpha value is -2.34. The molecule has 0 aromatic heterocycles. The molecule has 4 rings (SSSR count). The van der Waals surface area contributed by atoms with Gasteiger partial charge in [-0.3, -0.25) is 0 Å². The summed E-state index contributed by atoms with van der Waals surface area (Å²) in [5.41, 5.74) is 2.17. The van der Waals surface area contributed by atoms with Gasteiger partial charge in [0.15, 0.2) is 23.8 Å². The molecule has 5 nitrogen and oxygen atoms in total. The van der Waals surface area contributed by atoms with Gasteiger partial charge in [0.05, 0.1) is 6.61 Å². The van der Waals surface area contributed by atoms with E-state index in [2.05, 4.69) is 0 Å². The first kappa shape index (κ1) is 18.0. The lowest BCUT2D eigenvalue weighted by molar-refractivity contribution is -0.192. The van der Waals surface area contributed by atoms with Gasteiger partial charge < -0.3 is 23.7 Å². The van der Waals surface area contributed by atoms with Crippen molar-refractivity contribution in [3.63, 3.8) is 0 Å². The minimum atomic E-state index is -0.694. The van der Waals surface area contributed by atoms with Crippen LogP contribution in [-0.2, 0) is 36.9 Å². The number of benzene rings is 2. The van der Waals surface area contributed by atoms with E-state index >= 15 is 0 Å². The molecule has 2 aliphatic rings. The first-order valence-corrected chi connectivity index (χ1v) is 9.14. The Morgan fingerprint density at radius 1 is 0.889 bits per heavy atom. The molecule has 0 amide bonds. The van der Waals surface area contributed by atoms with E-state index in [4.69, 9.17) is 23.7 Å². The van der Waals surface area contributed by atoms with Crippen LogP contribution in [-0.4, -0.2) is 24.3 Å². The van der Waals surface area contributed by atoms with Gasteiger partial charge in [-0.05, 0) is 25.0 Å². The summed E-state index contributed by atoms with van der Waals surface area (Å²) in [6.07, 6.45) is 0.413. The fraction of sp³-hybridized carbons (Fsp3) is 0.364. The number of rotatable bonds is 6. The second-order valence-corrected chi connectivity index (χ2v) is 7.12. The molecule has 0 bridgehead atoms. The van der Waals surface area contributed by atoms with Gasteiger partial charge in [0.25, 0.3) is 0 Å². The fourth-order valence-electron chi connectivity index (χ4n) is 3.24. The summed E-state index contributed by atoms with van der Waals surface area (Å²) in [6, 6.07) is 20.0. The molecule has 2 aromatic rings. The van der Waals surface area contributed by atoms with Crippen molar-refractivity contribution < 1.29 is 23.7 Å². The van der Waals surface area contributed by atoms with Gasteiger partial charge in [-0.2, -0.15) is 0 Å². The van der Waals surface area contributed by atoms with Crippen LogP contribution in [0.1, 0.15) is 25.0 Å². The normalized spacial score (nSPS) is 27.3. The van der Waals surface area contributed by atoms with Gasteiger partial charge in [0, 0.05) is 0 Å². The molecular formula is C22H24O5. The molecule has 2 fully saturated rings. The molecule has 27 heavy (non-hydrogen) atoms. The van der Waals surface area contributed by atoms with Gasteiger partial charge in [-0.15, -0.1) is 0 Å². The minimum absolute atomic E-state index is 0.324. The molecule has 0 spiro atoms. The van der Waals surface area contributed by atoms with Crippen LogP contribution in [0.15, 0.2) is 72.7 Å². The molecule has 2 unspecified atom stereocenters. The predicted octanol–water partition coefficient (Wildman–Crippen LogP) is 4.14. The third-order valence-electron chi connectivity index (χ3n) is 4.48. The van der Waals surface area contributed by atoms with E-state index < -0.39 is 12.1 Å². The van der Waals surface area contributed by atoms with Crippen LogP contribution in [0.25, 0.3) is 0 Å². The molecule has 2 saturated heterocycles. The highest BCUT2D eigenvalue weighted by molar-refractivity contribution is 5.16. The monoisotopic (exact) mass is 368 g/mol. The number of fused-ring (bicyclic) bond motifs is 1. The van der Waals surface area contributed by atoms with Gasteiger partial charge >= 0.3 is 0 Å². The lowest BCUT2D eigenvalue weighted by Gasteiger charge is -2.22. The van der Waals surface area contributed by atoms with Crippen molar-refractivity contribution in [2.24, 2.45) is 0 Å². The molecule has 0 saturated carbocycles. The maximum atomic E-state index is 6.13. The number of hydrogen-bond acceptors (Lipinski definition) is 5. The zero-order valence-electron chi connectivity index (χ0n) is 15.5. The second kappa shape index (κ2) is 7.72. The molecule has 2 aliphatic heterocycles. The minimum Gasteiger partial charge on any atom is -0.493 e. The van der Waals surface area contributed by atoms with E-state index in [1.165, 1.54) is 0 Å². The van der Waals surface area contributed by atoms with Crippen LogP contribution in [0.4, 0.5) is 0 Å². The summed E-state index contributed by atoms with van der Waals surface area (Å²) in [6.45, 7) is 4.66. The summed E-state index contributed by atoms with van der Waals surface area (Å²) < 4.78 is 29.6. The van der Waals surface area contributed by atoms with Crippen molar-refractivity contribution in [1.29, 1.82) is 0 Å². The van der Waals surface area contributed by atoms with Crippen LogP contribution in [0.2, 0.25) is 0 Å². The van der Waals surface area contributed by atoms with Crippen LogP contribution < -0.4 is 0 Å². The van der Waals surface area contributed by atoms with E-state index in [-0.39, 0.29) is 12.2 Å². The Balaban J connectivity index is 1.44. The highest BCUT2D eigenvalue weighted by Crippen LogP contribution is 2.40. The lowest BCUT2D eigenvalue weighted by atomic mass is 10.2. The Bertz CT molecular complexity index is 772. The first-order valence-electron chi connectivity index (χ1n) is 9.14. The average molecular weight is 368 g/mol. The molecule has 142 valence electrons. The van der Waals surface area contributed by atoms with Gasteiger partial charge in [-0.25, -0.2) is 0 Å². The first-order chi connectivity index (χ1) is 13.1. The third-order valence-corrected chi connectivity index (χ3v) is 4.48. The molecule has 2 heterocycles. The van der Waals surface area contributed by atoms with E-state index in [0.717, 1.165) is 11.1 Å². The van der Waals surface area contributed by atoms with Crippen molar-refractivity contribution >= 4 is 0 Å². The molecule has 2 aromatic carbocycles. The van der Waals surface area contributed by atoms with Crippen molar-refractivity contribution in [3.8, 4) is 0 Å². The average Bonchev–Trinajstić information content (AvgIpc) is 3.13. The van der Waals surface area contributed by atoms with Gasteiger partial charge in [0.2, 0.25) is 6.29 Å². The maximum absolute atomic E-state index is 6.13.